The summed E-state index contributed by atoms with van der Waals surface area (Å²) >= 11 is 0. The molecule has 1 aromatic carbocycles. The van der Waals surface area contributed by atoms with Crippen molar-refractivity contribution in [1.82, 2.24) is 4.98 Å². The zero-order valence-electron chi connectivity index (χ0n) is 9.89. The highest BCUT2D eigenvalue weighted by atomic mass is 19.1. The first kappa shape index (κ1) is 12.2. The van der Waals surface area contributed by atoms with Gasteiger partial charge in [-0.25, -0.2) is 9.18 Å². The van der Waals surface area contributed by atoms with E-state index >= 15 is 0 Å². The largest absolute Gasteiger partial charge is 0.463 e. The number of hydrogen-bond acceptors (Lipinski definition) is 3. The summed E-state index contributed by atoms with van der Waals surface area (Å²) in [5, 5.41) is 1.54. The molecule has 2 rings (SSSR count). The monoisotopic (exact) mass is 245 g/mol. The van der Waals surface area contributed by atoms with Crippen molar-refractivity contribution >= 4 is 22.8 Å². The van der Waals surface area contributed by atoms with Crippen LogP contribution in [0.4, 0.5) is 4.39 Å². The minimum atomic E-state index is -0.437. The average Bonchev–Trinajstić information content (AvgIpc) is 2.36. The van der Waals surface area contributed by atoms with Crippen LogP contribution < -0.4 is 0 Å². The third-order valence-corrected chi connectivity index (χ3v) is 2.42. The van der Waals surface area contributed by atoms with E-state index in [9.17, 15) is 9.18 Å². The Bertz CT molecular complexity index is 608. The van der Waals surface area contributed by atoms with Crippen molar-refractivity contribution in [1.29, 1.82) is 0 Å². The number of benzene rings is 1. The highest BCUT2D eigenvalue weighted by Gasteiger charge is 2.02. The van der Waals surface area contributed by atoms with Crippen molar-refractivity contribution in [2.24, 2.45) is 0 Å². The van der Waals surface area contributed by atoms with E-state index in [4.69, 9.17) is 4.74 Å². The summed E-state index contributed by atoms with van der Waals surface area (Å²) in [6.07, 6.45) is 4.43. The first-order chi connectivity index (χ1) is 8.70. The third kappa shape index (κ3) is 2.71. The zero-order valence-corrected chi connectivity index (χ0v) is 9.89. The zero-order chi connectivity index (χ0) is 13.0. The number of hydrogen-bond donors (Lipinski definition) is 0. The topological polar surface area (TPSA) is 39.2 Å². The van der Waals surface area contributed by atoms with Crippen LogP contribution in [0.15, 0.2) is 36.5 Å². The highest BCUT2D eigenvalue weighted by molar-refractivity contribution is 5.93. The molecule has 0 bridgehead atoms. The maximum absolute atomic E-state index is 13.2. The molecule has 0 aliphatic carbocycles. The van der Waals surface area contributed by atoms with Crippen molar-refractivity contribution in [3.63, 3.8) is 0 Å². The molecule has 92 valence electrons. The Labute approximate surface area is 104 Å². The van der Waals surface area contributed by atoms with Gasteiger partial charge in [-0.15, -0.1) is 0 Å². The third-order valence-electron chi connectivity index (χ3n) is 2.42. The van der Waals surface area contributed by atoms with Gasteiger partial charge in [0, 0.05) is 17.7 Å². The minimum absolute atomic E-state index is 0.320. The van der Waals surface area contributed by atoms with Gasteiger partial charge in [0.05, 0.1) is 12.3 Å². The number of nitrogens with zero attached hydrogens (tertiary/aromatic N) is 1. The molecule has 0 saturated heterocycles. The van der Waals surface area contributed by atoms with Crippen molar-refractivity contribution in [2.45, 2.75) is 6.92 Å². The van der Waals surface area contributed by atoms with Crippen molar-refractivity contribution in [3.8, 4) is 0 Å². The summed E-state index contributed by atoms with van der Waals surface area (Å²) < 4.78 is 18.0. The van der Waals surface area contributed by atoms with E-state index < -0.39 is 5.97 Å². The van der Waals surface area contributed by atoms with Crippen molar-refractivity contribution in [3.05, 3.63) is 48.0 Å². The van der Waals surface area contributed by atoms with Crippen LogP contribution in [0.3, 0.4) is 0 Å². The van der Waals surface area contributed by atoms with Crippen LogP contribution in [0.5, 0.6) is 0 Å². The van der Waals surface area contributed by atoms with E-state index in [0.717, 1.165) is 5.39 Å². The number of ether oxygens (including phenoxy) is 1. The van der Waals surface area contributed by atoms with Gasteiger partial charge in [-0.3, -0.25) is 4.98 Å². The second-order valence-electron chi connectivity index (χ2n) is 3.65. The van der Waals surface area contributed by atoms with Crippen LogP contribution in [0.1, 0.15) is 12.6 Å². The summed E-state index contributed by atoms with van der Waals surface area (Å²) in [7, 11) is 0. The predicted octanol–water partition coefficient (Wildman–Crippen LogP) is 2.95. The molecule has 3 nitrogen and oxygen atoms in total. The lowest BCUT2D eigenvalue weighted by molar-refractivity contribution is -0.137. The average molecular weight is 245 g/mol. The Morgan fingerprint density at radius 2 is 2.28 bits per heavy atom. The molecule has 4 heteroatoms. The van der Waals surface area contributed by atoms with E-state index in [0.29, 0.717) is 17.7 Å². The van der Waals surface area contributed by atoms with Gasteiger partial charge in [0.2, 0.25) is 0 Å². The Morgan fingerprint density at radius 1 is 1.44 bits per heavy atom. The molecule has 0 unspecified atom stereocenters. The maximum Gasteiger partial charge on any atom is 0.330 e. The molecule has 0 amide bonds. The van der Waals surface area contributed by atoms with Crippen LogP contribution >= 0.6 is 0 Å². The Kier molecular flexibility index (Phi) is 3.67. The Morgan fingerprint density at radius 3 is 3.06 bits per heavy atom. The normalized spacial score (nSPS) is 11.0. The first-order valence-corrected chi connectivity index (χ1v) is 5.60. The van der Waals surface area contributed by atoms with Crippen LogP contribution in [0.25, 0.3) is 16.8 Å². The van der Waals surface area contributed by atoms with Gasteiger partial charge in [0.1, 0.15) is 5.82 Å². The molecule has 0 aliphatic heterocycles. The molecule has 0 atom stereocenters. The van der Waals surface area contributed by atoms with Gasteiger partial charge in [-0.05, 0) is 36.6 Å². The number of aromatic nitrogens is 1. The SMILES string of the molecule is CCOC(=O)/C=C/c1nccc2ccc(F)cc12. The molecule has 0 fully saturated rings. The van der Waals surface area contributed by atoms with Gasteiger partial charge < -0.3 is 4.74 Å². The molecule has 0 radical (unpaired) electrons. The summed E-state index contributed by atoms with van der Waals surface area (Å²) in [5.74, 6) is -0.769. The van der Waals surface area contributed by atoms with Crippen LogP contribution in [0, 0.1) is 5.82 Å². The molecule has 0 spiro atoms. The molecular formula is C14H12FNO2. The van der Waals surface area contributed by atoms with Gasteiger partial charge >= 0.3 is 5.97 Å². The number of carbonyl (C=O) groups is 1. The Balaban J connectivity index is 2.38. The van der Waals surface area contributed by atoms with Crippen LogP contribution in [0.2, 0.25) is 0 Å². The summed E-state index contributed by atoms with van der Waals surface area (Å²) in [4.78, 5) is 15.3. The fourth-order valence-electron chi connectivity index (χ4n) is 1.63. The van der Waals surface area contributed by atoms with E-state index in [1.165, 1.54) is 24.3 Å². The fraction of sp³-hybridized carbons (Fsp3) is 0.143. The molecule has 2 aromatic rings. The lowest BCUT2D eigenvalue weighted by Crippen LogP contribution is -1.98. The van der Waals surface area contributed by atoms with Gasteiger partial charge in [0.15, 0.2) is 0 Å². The molecule has 1 heterocycles. The molecule has 0 aliphatic rings. The summed E-state index contributed by atoms with van der Waals surface area (Å²) in [5.41, 5.74) is 0.542. The smallest absolute Gasteiger partial charge is 0.330 e. The quantitative estimate of drug-likeness (QED) is 0.616. The number of halogens is 1. The van der Waals surface area contributed by atoms with E-state index in [2.05, 4.69) is 4.98 Å². The first-order valence-electron chi connectivity index (χ1n) is 5.60. The number of esters is 1. The number of carbonyl (C=O) groups excluding carboxylic acids is 1. The Hall–Kier alpha value is -2.23. The molecular weight excluding hydrogens is 233 g/mol. The maximum atomic E-state index is 13.2. The van der Waals surface area contributed by atoms with Gasteiger partial charge in [0.25, 0.3) is 0 Å². The van der Waals surface area contributed by atoms with E-state index in [1.54, 1.807) is 25.3 Å². The predicted molar refractivity (Wildman–Crippen MR) is 67.4 cm³/mol. The summed E-state index contributed by atoms with van der Waals surface area (Å²) in [6.45, 7) is 2.05. The number of rotatable bonds is 3. The van der Waals surface area contributed by atoms with Crippen LogP contribution in [-0.4, -0.2) is 17.6 Å². The summed E-state index contributed by atoms with van der Waals surface area (Å²) in [6, 6.07) is 6.25. The standard InChI is InChI=1S/C14H12FNO2/c1-2-18-14(17)6-5-13-12-9-11(15)4-3-10(12)7-8-16-13/h3-9H,2H2,1H3/b6-5+. The van der Waals surface area contributed by atoms with Crippen molar-refractivity contribution < 1.29 is 13.9 Å². The van der Waals surface area contributed by atoms with Crippen molar-refractivity contribution in [2.75, 3.05) is 6.61 Å². The molecule has 0 N–H and O–H groups in total. The fourth-order valence-corrected chi connectivity index (χ4v) is 1.63. The number of pyridine rings is 1. The van der Waals surface area contributed by atoms with E-state index in [-0.39, 0.29) is 5.82 Å². The molecule has 18 heavy (non-hydrogen) atoms. The highest BCUT2D eigenvalue weighted by Crippen LogP contribution is 2.19. The van der Waals surface area contributed by atoms with Gasteiger partial charge in [-0.1, -0.05) is 6.07 Å². The van der Waals surface area contributed by atoms with E-state index in [1.807, 2.05) is 0 Å². The number of fused-ring (bicyclic) bond motifs is 1. The van der Waals surface area contributed by atoms with Gasteiger partial charge in [-0.2, -0.15) is 0 Å². The molecule has 1 aromatic heterocycles. The second-order valence-corrected chi connectivity index (χ2v) is 3.65. The lowest BCUT2D eigenvalue weighted by Gasteiger charge is -2.01. The second kappa shape index (κ2) is 5.40. The minimum Gasteiger partial charge on any atom is -0.463 e. The lowest BCUT2D eigenvalue weighted by atomic mass is 10.1. The van der Waals surface area contributed by atoms with Crippen LogP contribution in [-0.2, 0) is 9.53 Å². The molecule has 0 saturated carbocycles.